The molecule has 32 heavy (non-hydrogen) atoms. The second-order valence-corrected chi connectivity index (χ2v) is 7.75. The van der Waals surface area contributed by atoms with Crippen LogP contribution in [0.4, 0.5) is 0 Å². The molecule has 4 rings (SSSR count). The van der Waals surface area contributed by atoms with Crippen molar-refractivity contribution in [2.24, 2.45) is 0 Å². The summed E-state index contributed by atoms with van der Waals surface area (Å²) in [7, 11) is 1.57. The van der Waals surface area contributed by atoms with Gasteiger partial charge in [-0.2, -0.15) is 20.3 Å². The normalized spacial score (nSPS) is 18.1. The van der Waals surface area contributed by atoms with Gasteiger partial charge >= 0.3 is 0 Å². The Bertz CT molecular complexity index is 1160. The highest BCUT2D eigenvalue weighted by Crippen LogP contribution is 2.28. The average Bonchev–Trinajstić information content (AvgIpc) is 3.34. The summed E-state index contributed by atoms with van der Waals surface area (Å²) < 4.78 is 11.4. The van der Waals surface area contributed by atoms with Crippen molar-refractivity contribution in [3.8, 4) is 23.4 Å². The number of amides is 1. The lowest BCUT2D eigenvalue weighted by molar-refractivity contribution is 0.0371. The summed E-state index contributed by atoms with van der Waals surface area (Å²) in [4.78, 5) is 21.0. The maximum atomic E-state index is 13.6. The van der Waals surface area contributed by atoms with E-state index >= 15 is 0 Å². The van der Waals surface area contributed by atoms with E-state index in [2.05, 4.69) is 21.3 Å². The first kappa shape index (κ1) is 21.3. The third-order valence-corrected chi connectivity index (χ3v) is 5.68. The standard InChI is InChI=1S/C23H24N6O3/c1-15-8-9-25-22(20(15)13-24)32-18-5-4-16(2)28(14-18)23(30)19-7-6-17(31-3)12-21(19)29-26-10-11-27-29/h6-12,16,18H,4-5,14H2,1-3H3/t16-,18-/m1/s1. The Balaban J connectivity index is 1.60. The van der Waals surface area contributed by atoms with Gasteiger partial charge in [-0.1, -0.05) is 0 Å². The minimum atomic E-state index is -0.263. The summed E-state index contributed by atoms with van der Waals surface area (Å²) in [5.41, 5.74) is 2.25. The SMILES string of the molecule is COc1ccc(C(=O)N2C[C@H](Oc3nccc(C)c3C#N)CC[C@H]2C)c(-n2nccn2)c1. The monoisotopic (exact) mass is 432 g/mol. The van der Waals surface area contributed by atoms with Crippen molar-refractivity contribution < 1.29 is 14.3 Å². The van der Waals surface area contributed by atoms with E-state index in [1.54, 1.807) is 54.9 Å². The topological polar surface area (TPSA) is 106 Å². The number of rotatable bonds is 5. The van der Waals surface area contributed by atoms with Crippen molar-refractivity contribution in [2.75, 3.05) is 13.7 Å². The van der Waals surface area contributed by atoms with Gasteiger partial charge in [0, 0.05) is 18.3 Å². The van der Waals surface area contributed by atoms with Gasteiger partial charge in [-0.15, -0.1) is 0 Å². The van der Waals surface area contributed by atoms with Crippen LogP contribution in [0.15, 0.2) is 42.9 Å². The summed E-state index contributed by atoms with van der Waals surface area (Å²) in [6.07, 6.45) is 6.02. The molecule has 1 aliphatic heterocycles. The Hall–Kier alpha value is -3.93. The zero-order valence-corrected chi connectivity index (χ0v) is 18.2. The van der Waals surface area contributed by atoms with E-state index in [1.807, 2.05) is 13.8 Å². The zero-order chi connectivity index (χ0) is 22.7. The zero-order valence-electron chi connectivity index (χ0n) is 18.2. The maximum Gasteiger partial charge on any atom is 0.256 e. The van der Waals surface area contributed by atoms with E-state index < -0.39 is 0 Å². The summed E-state index contributed by atoms with van der Waals surface area (Å²) >= 11 is 0. The van der Waals surface area contributed by atoms with Gasteiger partial charge in [-0.05, 0) is 50.5 Å². The minimum Gasteiger partial charge on any atom is -0.497 e. The highest BCUT2D eigenvalue weighted by Gasteiger charge is 2.33. The van der Waals surface area contributed by atoms with Crippen LogP contribution < -0.4 is 9.47 Å². The summed E-state index contributed by atoms with van der Waals surface area (Å²) in [5.74, 6) is 0.778. The molecular weight excluding hydrogens is 408 g/mol. The van der Waals surface area contributed by atoms with E-state index in [4.69, 9.17) is 9.47 Å². The lowest BCUT2D eigenvalue weighted by Gasteiger charge is -2.38. The molecule has 2 atom stereocenters. The van der Waals surface area contributed by atoms with Crippen molar-refractivity contribution in [1.29, 1.82) is 5.26 Å². The molecule has 0 bridgehead atoms. The van der Waals surface area contributed by atoms with Crippen molar-refractivity contribution in [2.45, 2.75) is 38.8 Å². The number of likely N-dealkylation sites (tertiary alicyclic amines) is 1. The number of aromatic nitrogens is 4. The molecule has 1 saturated heterocycles. The van der Waals surface area contributed by atoms with Crippen LogP contribution in [0.25, 0.3) is 5.69 Å². The van der Waals surface area contributed by atoms with Crippen LogP contribution in [0.2, 0.25) is 0 Å². The van der Waals surface area contributed by atoms with Crippen molar-refractivity contribution in [3.05, 3.63) is 59.5 Å². The molecule has 9 nitrogen and oxygen atoms in total. The largest absolute Gasteiger partial charge is 0.497 e. The Morgan fingerprint density at radius 2 is 1.97 bits per heavy atom. The Kier molecular flexibility index (Phi) is 6.03. The highest BCUT2D eigenvalue weighted by atomic mass is 16.5. The molecule has 0 aliphatic carbocycles. The van der Waals surface area contributed by atoms with E-state index in [1.165, 1.54) is 4.80 Å². The molecule has 0 radical (unpaired) electrons. The fraction of sp³-hybridized carbons (Fsp3) is 0.348. The number of carbonyl (C=O) groups excluding carboxylic acids is 1. The third-order valence-electron chi connectivity index (χ3n) is 5.68. The van der Waals surface area contributed by atoms with Crippen LogP contribution in [0.1, 0.15) is 41.3 Å². The molecule has 1 amide bonds. The molecule has 0 N–H and O–H groups in total. The number of aryl methyl sites for hydroxylation is 1. The van der Waals surface area contributed by atoms with Crippen LogP contribution in [0, 0.1) is 18.3 Å². The first-order chi connectivity index (χ1) is 15.5. The van der Waals surface area contributed by atoms with Crippen LogP contribution in [-0.4, -0.2) is 56.6 Å². The lowest BCUT2D eigenvalue weighted by Crippen LogP contribution is -2.49. The second-order valence-electron chi connectivity index (χ2n) is 7.75. The van der Waals surface area contributed by atoms with Crippen molar-refractivity contribution in [1.82, 2.24) is 24.9 Å². The van der Waals surface area contributed by atoms with E-state index in [0.717, 1.165) is 18.4 Å². The fourth-order valence-electron chi connectivity index (χ4n) is 3.85. The number of benzene rings is 1. The van der Waals surface area contributed by atoms with Crippen molar-refractivity contribution in [3.63, 3.8) is 0 Å². The Morgan fingerprint density at radius 1 is 1.19 bits per heavy atom. The molecular formula is C23H24N6O3. The molecule has 3 aromatic rings. The molecule has 0 unspecified atom stereocenters. The summed E-state index contributed by atoms with van der Waals surface area (Å²) in [5, 5.41) is 17.8. The second kappa shape index (κ2) is 9.06. The van der Waals surface area contributed by atoms with Gasteiger partial charge in [0.15, 0.2) is 0 Å². The van der Waals surface area contributed by atoms with E-state index in [9.17, 15) is 10.1 Å². The molecule has 1 fully saturated rings. The number of pyridine rings is 1. The van der Waals surface area contributed by atoms with Crippen molar-refractivity contribution >= 4 is 5.91 Å². The number of hydrogen-bond donors (Lipinski definition) is 0. The molecule has 3 heterocycles. The number of ether oxygens (including phenoxy) is 2. The number of piperidine rings is 1. The van der Waals surface area contributed by atoms with Gasteiger partial charge < -0.3 is 14.4 Å². The molecule has 2 aromatic heterocycles. The molecule has 0 saturated carbocycles. The van der Waals surface area contributed by atoms with E-state index in [-0.39, 0.29) is 18.1 Å². The number of methoxy groups -OCH3 is 1. The summed E-state index contributed by atoms with van der Waals surface area (Å²) in [6.45, 7) is 4.26. The molecule has 1 aliphatic rings. The van der Waals surface area contributed by atoms with Gasteiger partial charge in [0.05, 0.1) is 31.6 Å². The Labute approximate surface area is 186 Å². The fourth-order valence-corrected chi connectivity index (χ4v) is 3.85. The third kappa shape index (κ3) is 4.12. The first-order valence-corrected chi connectivity index (χ1v) is 10.4. The number of nitrogens with zero attached hydrogens (tertiary/aromatic N) is 6. The van der Waals surface area contributed by atoms with Crippen LogP contribution in [0.5, 0.6) is 11.6 Å². The summed E-state index contributed by atoms with van der Waals surface area (Å²) in [6, 6.07) is 9.19. The molecule has 1 aromatic carbocycles. The molecule has 0 spiro atoms. The molecule has 164 valence electrons. The van der Waals surface area contributed by atoms with Gasteiger partial charge in [-0.25, -0.2) is 4.98 Å². The van der Waals surface area contributed by atoms with Crippen LogP contribution in [-0.2, 0) is 0 Å². The smallest absolute Gasteiger partial charge is 0.256 e. The quantitative estimate of drug-likeness (QED) is 0.610. The molecule has 9 heteroatoms. The maximum absolute atomic E-state index is 13.6. The van der Waals surface area contributed by atoms with E-state index in [0.29, 0.717) is 35.0 Å². The van der Waals surface area contributed by atoms with Crippen LogP contribution in [0.3, 0.4) is 0 Å². The minimum absolute atomic E-state index is 0.0313. The number of hydrogen-bond acceptors (Lipinski definition) is 7. The van der Waals surface area contributed by atoms with Gasteiger partial charge in [0.25, 0.3) is 5.91 Å². The number of nitriles is 1. The van der Waals surface area contributed by atoms with Gasteiger partial charge in [0.1, 0.15) is 29.2 Å². The average molecular weight is 432 g/mol. The van der Waals surface area contributed by atoms with Crippen LogP contribution >= 0.6 is 0 Å². The Morgan fingerprint density at radius 3 is 2.69 bits per heavy atom. The van der Waals surface area contributed by atoms with Gasteiger partial charge in [-0.3, -0.25) is 4.79 Å². The highest BCUT2D eigenvalue weighted by molar-refractivity contribution is 5.98. The van der Waals surface area contributed by atoms with Gasteiger partial charge in [0.2, 0.25) is 5.88 Å². The predicted octanol–water partition coefficient (Wildman–Crippen LogP) is 2.92. The lowest BCUT2D eigenvalue weighted by atomic mass is 9.99. The predicted molar refractivity (Wildman–Crippen MR) is 116 cm³/mol. The number of carbonyl (C=O) groups is 1. The first-order valence-electron chi connectivity index (χ1n) is 10.4.